The van der Waals surface area contributed by atoms with Crippen molar-refractivity contribution in [2.75, 3.05) is 27.3 Å². The number of hydrogen-bond acceptors (Lipinski definition) is 5. The largest absolute Gasteiger partial charge is 0.459 e. The van der Waals surface area contributed by atoms with Crippen LogP contribution in [0.1, 0.15) is 16.9 Å². The number of furan rings is 1. The van der Waals surface area contributed by atoms with Crippen LogP contribution in [0.2, 0.25) is 0 Å². The molecule has 2 aromatic carbocycles. The Kier molecular flexibility index (Phi) is 7.67. The van der Waals surface area contributed by atoms with Gasteiger partial charge in [-0.1, -0.05) is 30.3 Å². The number of nitrogens with zero attached hydrogens (tertiary/aromatic N) is 1. The molecule has 31 heavy (non-hydrogen) atoms. The number of sulfonamides is 1. The van der Waals surface area contributed by atoms with Gasteiger partial charge in [-0.2, -0.15) is 0 Å². The number of methoxy groups -OCH3 is 1. The van der Waals surface area contributed by atoms with Crippen molar-refractivity contribution < 1.29 is 17.6 Å². The van der Waals surface area contributed by atoms with Gasteiger partial charge >= 0.3 is 0 Å². The van der Waals surface area contributed by atoms with Crippen LogP contribution in [0.25, 0.3) is 11.0 Å². The summed E-state index contributed by atoms with van der Waals surface area (Å²) in [7, 11) is -0.372. The van der Waals surface area contributed by atoms with Gasteiger partial charge in [0, 0.05) is 38.2 Å². The predicted octanol–water partition coefficient (Wildman–Crippen LogP) is 2.53. The van der Waals surface area contributed by atoms with Crippen molar-refractivity contribution in [3.63, 3.8) is 0 Å². The summed E-state index contributed by atoms with van der Waals surface area (Å²) in [6, 6.07) is 14.7. The molecule has 0 aliphatic heterocycles. The van der Waals surface area contributed by atoms with Crippen LogP contribution < -0.4 is 15.4 Å². The first-order chi connectivity index (χ1) is 14.9. The molecular formula is C22H28N4O4S. The number of aliphatic imine (C=N–C) groups is 1. The molecule has 1 aromatic heterocycles. The molecule has 9 heteroatoms. The molecular weight excluding hydrogens is 416 g/mol. The summed E-state index contributed by atoms with van der Waals surface area (Å²) in [5.74, 6) is 1.44. The first-order valence-electron chi connectivity index (χ1n) is 9.93. The van der Waals surface area contributed by atoms with E-state index in [1.165, 1.54) is 7.11 Å². The molecule has 166 valence electrons. The van der Waals surface area contributed by atoms with Crippen LogP contribution in [0.5, 0.6) is 0 Å². The summed E-state index contributed by atoms with van der Waals surface area (Å²) in [6.45, 7) is 3.47. The third kappa shape index (κ3) is 5.84. The minimum atomic E-state index is -3.58. The number of fused-ring (bicyclic) bond motifs is 1. The maximum atomic E-state index is 12.4. The smallest absolute Gasteiger partial charge is 0.240 e. The summed E-state index contributed by atoms with van der Waals surface area (Å²) in [5.41, 5.74) is 2.77. The van der Waals surface area contributed by atoms with E-state index in [0.29, 0.717) is 25.7 Å². The fourth-order valence-electron chi connectivity index (χ4n) is 3.15. The minimum Gasteiger partial charge on any atom is -0.459 e. The van der Waals surface area contributed by atoms with Gasteiger partial charge in [-0.05, 0) is 30.7 Å². The van der Waals surface area contributed by atoms with Crippen molar-refractivity contribution in [2.24, 2.45) is 4.99 Å². The van der Waals surface area contributed by atoms with Crippen LogP contribution in [0.15, 0.2) is 62.8 Å². The zero-order chi connectivity index (χ0) is 22.3. The third-order valence-electron chi connectivity index (χ3n) is 4.85. The quantitative estimate of drug-likeness (QED) is 0.266. The second-order valence-electron chi connectivity index (χ2n) is 6.96. The summed E-state index contributed by atoms with van der Waals surface area (Å²) in [6.07, 6.45) is 0. The Morgan fingerprint density at radius 3 is 2.61 bits per heavy atom. The maximum absolute atomic E-state index is 12.4. The maximum Gasteiger partial charge on any atom is 0.240 e. The number of ether oxygens (including phenoxy) is 1. The van der Waals surface area contributed by atoms with Crippen LogP contribution >= 0.6 is 0 Å². The van der Waals surface area contributed by atoms with Crippen LogP contribution in [-0.4, -0.2) is 41.7 Å². The minimum absolute atomic E-state index is 0.212. The molecule has 0 aliphatic rings. The van der Waals surface area contributed by atoms with E-state index in [-0.39, 0.29) is 11.4 Å². The molecule has 8 nitrogen and oxygen atoms in total. The van der Waals surface area contributed by atoms with Gasteiger partial charge in [0.15, 0.2) is 5.96 Å². The number of para-hydroxylation sites is 1. The highest BCUT2D eigenvalue weighted by molar-refractivity contribution is 7.89. The summed E-state index contributed by atoms with van der Waals surface area (Å²) in [5, 5.41) is 7.54. The summed E-state index contributed by atoms with van der Waals surface area (Å²) in [4.78, 5) is 4.44. The normalized spacial score (nSPS) is 12.3. The van der Waals surface area contributed by atoms with Crippen LogP contribution in [-0.2, 0) is 27.8 Å². The highest BCUT2D eigenvalue weighted by Gasteiger charge is 2.14. The number of hydrogen-bond donors (Lipinski definition) is 3. The number of rotatable bonds is 9. The average Bonchev–Trinajstić information content (AvgIpc) is 3.10. The van der Waals surface area contributed by atoms with Crippen LogP contribution in [0.4, 0.5) is 0 Å². The van der Waals surface area contributed by atoms with Gasteiger partial charge in [0.1, 0.15) is 11.3 Å². The van der Waals surface area contributed by atoms with E-state index in [1.807, 2.05) is 37.3 Å². The molecule has 3 aromatic rings. The van der Waals surface area contributed by atoms with E-state index in [0.717, 1.165) is 27.9 Å². The van der Waals surface area contributed by atoms with Crippen LogP contribution in [0, 0.1) is 6.92 Å². The van der Waals surface area contributed by atoms with Gasteiger partial charge in [-0.15, -0.1) is 0 Å². The topological polar surface area (TPSA) is 105 Å². The lowest BCUT2D eigenvalue weighted by Crippen LogP contribution is -2.36. The van der Waals surface area contributed by atoms with Crippen molar-refractivity contribution in [1.82, 2.24) is 15.4 Å². The first-order valence-corrected chi connectivity index (χ1v) is 11.4. The molecule has 3 rings (SSSR count). The molecule has 0 atom stereocenters. The van der Waals surface area contributed by atoms with Gasteiger partial charge in [-0.3, -0.25) is 4.99 Å². The second-order valence-corrected chi connectivity index (χ2v) is 8.73. The van der Waals surface area contributed by atoms with E-state index < -0.39 is 10.0 Å². The third-order valence-corrected chi connectivity index (χ3v) is 6.31. The van der Waals surface area contributed by atoms with E-state index in [2.05, 4.69) is 20.3 Å². The molecule has 0 bridgehead atoms. The Morgan fingerprint density at radius 2 is 1.87 bits per heavy atom. The monoisotopic (exact) mass is 444 g/mol. The molecule has 0 spiro atoms. The molecule has 0 radical (unpaired) electrons. The van der Waals surface area contributed by atoms with Crippen molar-refractivity contribution in [3.8, 4) is 0 Å². The Bertz CT molecular complexity index is 1160. The zero-order valence-corrected chi connectivity index (χ0v) is 18.8. The van der Waals surface area contributed by atoms with Crippen molar-refractivity contribution in [3.05, 3.63) is 65.4 Å². The van der Waals surface area contributed by atoms with Gasteiger partial charge in [-0.25, -0.2) is 13.1 Å². The average molecular weight is 445 g/mol. The molecule has 0 fully saturated rings. The molecule has 0 saturated carbocycles. The Hall–Kier alpha value is -2.88. The van der Waals surface area contributed by atoms with E-state index in [9.17, 15) is 8.42 Å². The number of guanidine groups is 1. The highest BCUT2D eigenvalue weighted by atomic mass is 32.2. The van der Waals surface area contributed by atoms with Gasteiger partial charge in [0.2, 0.25) is 10.0 Å². The molecule has 3 N–H and O–H groups in total. The zero-order valence-electron chi connectivity index (χ0n) is 17.9. The second kappa shape index (κ2) is 10.4. The lowest BCUT2D eigenvalue weighted by atomic mass is 10.1. The fourth-order valence-corrected chi connectivity index (χ4v) is 4.23. The van der Waals surface area contributed by atoms with Crippen molar-refractivity contribution in [2.45, 2.75) is 24.9 Å². The fraction of sp³-hybridized carbons (Fsp3) is 0.318. The van der Waals surface area contributed by atoms with Gasteiger partial charge < -0.3 is 19.8 Å². The molecule has 0 saturated heterocycles. The Morgan fingerprint density at radius 1 is 1.10 bits per heavy atom. The van der Waals surface area contributed by atoms with Gasteiger partial charge in [0.25, 0.3) is 0 Å². The van der Waals surface area contributed by atoms with Crippen LogP contribution in [0.3, 0.4) is 0 Å². The van der Waals surface area contributed by atoms with Crippen molar-refractivity contribution in [1.29, 1.82) is 0 Å². The van der Waals surface area contributed by atoms with E-state index in [1.54, 1.807) is 25.2 Å². The highest BCUT2D eigenvalue weighted by Crippen LogP contribution is 2.24. The number of benzene rings is 2. The van der Waals surface area contributed by atoms with Gasteiger partial charge in [0.05, 0.1) is 18.0 Å². The summed E-state index contributed by atoms with van der Waals surface area (Å²) < 4.78 is 38.1. The van der Waals surface area contributed by atoms with E-state index in [4.69, 9.17) is 9.15 Å². The molecule has 0 aliphatic carbocycles. The lowest BCUT2D eigenvalue weighted by Gasteiger charge is -2.12. The number of aryl methyl sites for hydroxylation is 1. The molecule has 0 unspecified atom stereocenters. The SMILES string of the molecule is CN=C(NCc1cccc(S(=O)(=O)NCCOC)c1)NCc1oc2ccccc2c1C. The Balaban J connectivity index is 1.60. The summed E-state index contributed by atoms with van der Waals surface area (Å²) >= 11 is 0. The molecule has 1 heterocycles. The first kappa shape index (κ1) is 22.8. The molecule has 0 amide bonds. The Labute approximate surface area is 182 Å². The predicted molar refractivity (Wildman–Crippen MR) is 121 cm³/mol. The number of nitrogens with one attached hydrogen (secondary N) is 3. The standard InChI is InChI=1S/C22H28N4O4S/c1-16-19-9-4-5-10-20(19)30-21(16)15-25-22(23-2)24-14-17-7-6-8-18(13-17)31(27,28)26-11-12-29-3/h4-10,13,26H,11-12,14-15H2,1-3H3,(H2,23,24,25). The van der Waals surface area contributed by atoms with Crippen molar-refractivity contribution >= 4 is 27.0 Å². The lowest BCUT2D eigenvalue weighted by molar-refractivity contribution is 0.204. The van der Waals surface area contributed by atoms with E-state index >= 15 is 0 Å².